The normalized spacial score (nSPS) is 22.4. The zero-order valence-corrected chi connectivity index (χ0v) is 8.77. The fourth-order valence-electron chi connectivity index (χ4n) is 2.24. The van der Waals surface area contributed by atoms with Gasteiger partial charge in [0, 0.05) is 17.8 Å². The lowest BCUT2D eigenvalue weighted by Gasteiger charge is -2.21. The minimum Gasteiger partial charge on any atom is -0.392 e. The standard InChI is InChI=1S/C12H17NO/c1-8(2)12(14)10-6-5-9-4-3-7-13-11(9)10/h3-4,7-8,10,12,14H,5-6H2,1-2H3. The number of fused-ring (bicyclic) bond motifs is 1. The Kier molecular flexibility index (Phi) is 2.55. The monoisotopic (exact) mass is 191 g/mol. The maximum Gasteiger partial charge on any atom is 0.0646 e. The summed E-state index contributed by atoms with van der Waals surface area (Å²) < 4.78 is 0. The van der Waals surface area contributed by atoms with Crippen molar-refractivity contribution >= 4 is 0 Å². The summed E-state index contributed by atoms with van der Waals surface area (Å²) in [4.78, 5) is 4.38. The third kappa shape index (κ3) is 1.55. The molecule has 1 N–H and O–H groups in total. The zero-order valence-electron chi connectivity index (χ0n) is 8.77. The minimum absolute atomic E-state index is 0.244. The van der Waals surface area contributed by atoms with Gasteiger partial charge in [0.2, 0.25) is 0 Å². The Morgan fingerprint density at radius 1 is 1.50 bits per heavy atom. The van der Waals surface area contributed by atoms with Crippen LogP contribution in [0.5, 0.6) is 0 Å². The first-order valence-corrected chi connectivity index (χ1v) is 5.32. The van der Waals surface area contributed by atoms with Crippen LogP contribution < -0.4 is 0 Å². The van der Waals surface area contributed by atoms with E-state index in [0.717, 1.165) is 18.5 Å². The Labute approximate surface area is 85.0 Å². The molecule has 0 aliphatic heterocycles. The molecule has 1 aromatic rings. The summed E-state index contributed by atoms with van der Waals surface area (Å²) in [5.41, 5.74) is 2.44. The molecule has 76 valence electrons. The van der Waals surface area contributed by atoms with E-state index in [1.165, 1.54) is 5.56 Å². The van der Waals surface area contributed by atoms with E-state index < -0.39 is 0 Å². The lowest BCUT2D eigenvalue weighted by Crippen LogP contribution is -2.23. The lowest BCUT2D eigenvalue weighted by molar-refractivity contribution is 0.0950. The molecular weight excluding hydrogens is 174 g/mol. The van der Waals surface area contributed by atoms with E-state index in [4.69, 9.17) is 0 Å². The van der Waals surface area contributed by atoms with Crippen molar-refractivity contribution in [1.82, 2.24) is 4.98 Å². The van der Waals surface area contributed by atoms with Crippen molar-refractivity contribution in [2.45, 2.75) is 38.7 Å². The average Bonchev–Trinajstić information content (AvgIpc) is 2.60. The molecule has 1 aliphatic carbocycles. The molecule has 0 radical (unpaired) electrons. The summed E-state index contributed by atoms with van der Waals surface area (Å²) >= 11 is 0. The minimum atomic E-state index is -0.244. The van der Waals surface area contributed by atoms with Gasteiger partial charge in [0.15, 0.2) is 0 Å². The Morgan fingerprint density at radius 2 is 2.29 bits per heavy atom. The molecule has 0 amide bonds. The fourth-order valence-corrected chi connectivity index (χ4v) is 2.24. The predicted molar refractivity (Wildman–Crippen MR) is 56.1 cm³/mol. The van der Waals surface area contributed by atoms with Crippen molar-refractivity contribution in [3.63, 3.8) is 0 Å². The van der Waals surface area contributed by atoms with Crippen LogP contribution in [0.2, 0.25) is 0 Å². The Hall–Kier alpha value is -0.890. The van der Waals surface area contributed by atoms with E-state index in [1.807, 2.05) is 12.3 Å². The lowest BCUT2D eigenvalue weighted by atomic mass is 9.91. The molecule has 2 atom stereocenters. The van der Waals surface area contributed by atoms with Crippen LogP contribution in [0, 0.1) is 5.92 Å². The van der Waals surface area contributed by atoms with Gasteiger partial charge in [-0.1, -0.05) is 19.9 Å². The van der Waals surface area contributed by atoms with Crippen LogP contribution >= 0.6 is 0 Å². The summed E-state index contributed by atoms with van der Waals surface area (Å²) in [5, 5.41) is 10.0. The van der Waals surface area contributed by atoms with Crippen molar-refractivity contribution in [3.05, 3.63) is 29.6 Å². The Balaban J connectivity index is 2.26. The van der Waals surface area contributed by atoms with E-state index in [0.29, 0.717) is 5.92 Å². The van der Waals surface area contributed by atoms with Crippen LogP contribution in [0.3, 0.4) is 0 Å². The first kappa shape index (κ1) is 9.66. The summed E-state index contributed by atoms with van der Waals surface area (Å²) in [6.45, 7) is 4.12. The molecule has 0 fully saturated rings. The molecule has 2 unspecified atom stereocenters. The molecule has 0 aromatic carbocycles. The number of aliphatic hydroxyl groups excluding tert-OH is 1. The van der Waals surface area contributed by atoms with Gasteiger partial charge < -0.3 is 5.11 Å². The molecule has 2 heteroatoms. The number of aliphatic hydroxyl groups is 1. The molecule has 2 nitrogen and oxygen atoms in total. The smallest absolute Gasteiger partial charge is 0.0646 e. The van der Waals surface area contributed by atoms with E-state index in [9.17, 15) is 5.11 Å². The van der Waals surface area contributed by atoms with Crippen LogP contribution in [-0.2, 0) is 6.42 Å². The molecule has 0 spiro atoms. The maximum atomic E-state index is 10.0. The van der Waals surface area contributed by atoms with Gasteiger partial charge in [-0.05, 0) is 30.4 Å². The molecule has 0 saturated heterocycles. The third-order valence-electron chi connectivity index (χ3n) is 3.10. The number of aryl methyl sites for hydroxylation is 1. The van der Waals surface area contributed by atoms with Gasteiger partial charge >= 0.3 is 0 Å². The van der Waals surface area contributed by atoms with Gasteiger partial charge in [0.1, 0.15) is 0 Å². The van der Waals surface area contributed by atoms with Gasteiger partial charge in [-0.15, -0.1) is 0 Å². The molecule has 1 heterocycles. The van der Waals surface area contributed by atoms with Crippen LogP contribution in [0.15, 0.2) is 18.3 Å². The molecular formula is C12H17NO. The molecule has 0 saturated carbocycles. The van der Waals surface area contributed by atoms with Crippen molar-refractivity contribution < 1.29 is 5.11 Å². The first-order valence-electron chi connectivity index (χ1n) is 5.32. The number of hydrogen-bond donors (Lipinski definition) is 1. The summed E-state index contributed by atoms with van der Waals surface area (Å²) in [5.74, 6) is 0.569. The highest BCUT2D eigenvalue weighted by Gasteiger charge is 2.31. The van der Waals surface area contributed by atoms with Crippen molar-refractivity contribution in [1.29, 1.82) is 0 Å². The topological polar surface area (TPSA) is 33.1 Å². The van der Waals surface area contributed by atoms with Crippen LogP contribution in [0.1, 0.15) is 37.4 Å². The van der Waals surface area contributed by atoms with E-state index in [1.54, 1.807) is 0 Å². The summed E-state index contributed by atoms with van der Waals surface area (Å²) in [6, 6.07) is 4.10. The number of pyridine rings is 1. The van der Waals surface area contributed by atoms with E-state index >= 15 is 0 Å². The van der Waals surface area contributed by atoms with Crippen LogP contribution in [0.25, 0.3) is 0 Å². The highest BCUT2D eigenvalue weighted by atomic mass is 16.3. The first-order chi connectivity index (χ1) is 6.70. The van der Waals surface area contributed by atoms with Gasteiger partial charge in [-0.3, -0.25) is 4.98 Å². The quantitative estimate of drug-likeness (QED) is 0.776. The second kappa shape index (κ2) is 3.70. The summed E-state index contributed by atoms with van der Waals surface area (Å²) in [7, 11) is 0. The third-order valence-corrected chi connectivity index (χ3v) is 3.10. The van der Waals surface area contributed by atoms with Gasteiger partial charge in [0.05, 0.1) is 6.10 Å². The summed E-state index contributed by atoms with van der Waals surface area (Å²) in [6.07, 6.45) is 3.69. The molecule has 1 aliphatic rings. The maximum absolute atomic E-state index is 10.0. The van der Waals surface area contributed by atoms with Gasteiger partial charge in [-0.25, -0.2) is 0 Å². The van der Waals surface area contributed by atoms with Crippen LogP contribution in [0.4, 0.5) is 0 Å². The zero-order chi connectivity index (χ0) is 10.1. The van der Waals surface area contributed by atoms with E-state index in [2.05, 4.69) is 24.9 Å². The number of hydrogen-bond acceptors (Lipinski definition) is 2. The number of aromatic nitrogens is 1. The van der Waals surface area contributed by atoms with Crippen LogP contribution in [-0.4, -0.2) is 16.2 Å². The van der Waals surface area contributed by atoms with Gasteiger partial charge in [0.25, 0.3) is 0 Å². The largest absolute Gasteiger partial charge is 0.392 e. The van der Waals surface area contributed by atoms with E-state index in [-0.39, 0.29) is 12.0 Å². The van der Waals surface area contributed by atoms with Crippen molar-refractivity contribution in [2.24, 2.45) is 5.92 Å². The SMILES string of the molecule is CC(C)C(O)C1CCc2cccnc21. The average molecular weight is 191 g/mol. The Bertz CT molecular complexity index is 322. The highest BCUT2D eigenvalue weighted by Crippen LogP contribution is 2.35. The van der Waals surface area contributed by atoms with Crippen molar-refractivity contribution in [3.8, 4) is 0 Å². The predicted octanol–water partition coefficient (Wildman–Crippen LogP) is 2.13. The van der Waals surface area contributed by atoms with Crippen molar-refractivity contribution in [2.75, 3.05) is 0 Å². The molecule has 14 heavy (non-hydrogen) atoms. The Morgan fingerprint density at radius 3 is 3.00 bits per heavy atom. The molecule has 0 bridgehead atoms. The highest BCUT2D eigenvalue weighted by molar-refractivity contribution is 5.29. The number of rotatable bonds is 2. The fraction of sp³-hybridized carbons (Fsp3) is 0.583. The number of nitrogens with zero attached hydrogens (tertiary/aromatic N) is 1. The second-order valence-electron chi connectivity index (χ2n) is 4.43. The van der Waals surface area contributed by atoms with Gasteiger partial charge in [-0.2, -0.15) is 0 Å². The second-order valence-corrected chi connectivity index (χ2v) is 4.43. The molecule has 2 rings (SSSR count). The molecule has 1 aromatic heterocycles.